The number of aryl methyl sites for hydroxylation is 1. The van der Waals surface area contributed by atoms with Gasteiger partial charge in [0, 0.05) is 5.56 Å². The van der Waals surface area contributed by atoms with Crippen molar-refractivity contribution < 1.29 is 22.4 Å². The van der Waals surface area contributed by atoms with E-state index in [1.54, 1.807) is 19.1 Å². The van der Waals surface area contributed by atoms with Gasteiger partial charge in [-0.15, -0.1) is 0 Å². The first-order valence-electron chi connectivity index (χ1n) is 7.69. The van der Waals surface area contributed by atoms with Crippen molar-refractivity contribution in [1.29, 1.82) is 0 Å². The highest BCUT2D eigenvalue weighted by molar-refractivity contribution is 7.85. The molecule has 0 aliphatic carbocycles. The first-order valence-corrected chi connectivity index (χ1v) is 9.13. The highest BCUT2D eigenvalue weighted by Crippen LogP contribution is 2.26. The lowest BCUT2D eigenvalue weighted by Crippen LogP contribution is -2.11. The van der Waals surface area contributed by atoms with Gasteiger partial charge in [0.2, 0.25) is 0 Å². The maximum Gasteiger partial charge on any atom is 0.294 e. The minimum atomic E-state index is -4.28. The van der Waals surface area contributed by atoms with E-state index in [-0.39, 0.29) is 4.90 Å². The third-order valence-corrected chi connectivity index (χ3v) is 4.52. The van der Waals surface area contributed by atoms with E-state index in [0.717, 1.165) is 11.1 Å². The average Bonchev–Trinajstić information content (AvgIpc) is 2.54. The SMILES string of the molecule is Cc1ccc(S(=O)(=O)O)c(C(C)OCCOCc2ccccc2)c1. The Balaban J connectivity index is 1.89. The van der Waals surface area contributed by atoms with Crippen LogP contribution in [0.25, 0.3) is 0 Å². The molecule has 6 heteroatoms. The monoisotopic (exact) mass is 350 g/mol. The second-order valence-corrected chi connectivity index (χ2v) is 6.96. The van der Waals surface area contributed by atoms with Gasteiger partial charge in [-0.1, -0.05) is 48.0 Å². The number of benzene rings is 2. The quantitative estimate of drug-likeness (QED) is 0.582. The molecule has 2 aromatic rings. The molecule has 1 unspecified atom stereocenters. The smallest absolute Gasteiger partial charge is 0.294 e. The maximum absolute atomic E-state index is 11.5. The summed E-state index contributed by atoms with van der Waals surface area (Å²) in [6, 6.07) is 14.6. The lowest BCUT2D eigenvalue weighted by Gasteiger charge is -2.17. The molecule has 2 rings (SSSR count). The molecule has 0 aliphatic heterocycles. The molecule has 2 aromatic carbocycles. The molecule has 0 radical (unpaired) electrons. The van der Waals surface area contributed by atoms with Crippen LogP contribution in [0.4, 0.5) is 0 Å². The standard InChI is InChI=1S/C18H22O5S/c1-14-8-9-18(24(19,20)21)17(12-14)15(2)23-11-10-22-13-16-6-4-3-5-7-16/h3-9,12,15H,10-11,13H2,1-2H3,(H,19,20,21). The minimum absolute atomic E-state index is 0.120. The molecule has 0 fully saturated rings. The van der Waals surface area contributed by atoms with E-state index in [2.05, 4.69) is 0 Å². The Morgan fingerprint density at radius 3 is 2.46 bits per heavy atom. The first kappa shape index (κ1) is 18.6. The van der Waals surface area contributed by atoms with Crippen LogP contribution in [-0.2, 0) is 26.2 Å². The molecule has 1 atom stereocenters. The average molecular weight is 350 g/mol. The molecule has 5 nitrogen and oxygen atoms in total. The molecule has 0 aliphatic rings. The molecule has 0 heterocycles. The van der Waals surface area contributed by atoms with Crippen LogP contribution in [0.15, 0.2) is 53.4 Å². The van der Waals surface area contributed by atoms with Gasteiger partial charge in [0.15, 0.2) is 0 Å². The van der Waals surface area contributed by atoms with Crippen molar-refractivity contribution in [2.24, 2.45) is 0 Å². The number of hydrogen-bond acceptors (Lipinski definition) is 4. The summed E-state index contributed by atoms with van der Waals surface area (Å²) in [4.78, 5) is -0.120. The van der Waals surface area contributed by atoms with Crippen LogP contribution in [0.2, 0.25) is 0 Å². The van der Waals surface area contributed by atoms with E-state index >= 15 is 0 Å². The van der Waals surface area contributed by atoms with E-state index in [9.17, 15) is 13.0 Å². The van der Waals surface area contributed by atoms with Crippen LogP contribution < -0.4 is 0 Å². The van der Waals surface area contributed by atoms with Crippen LogP contribution in [0, 0.1) is 6.92 Å². The fourth-order valence-corrected chi connectivity index (χ4v) is 3.12. The predicted molar refractivity (Wildman–Crippen MR) is 91.5 cm³/mol. The van der Waals surface area contributed by atoms with Crippen LogP contribution >= 0.6 is 0 Å². The van der Waals surface area contributed by atoms with Gasteiger partial charge in [0.05, 0.1) is 30.8 Å². The number of rotatable bonds is 8. The number of ether oxygens (including phenoxy) is 2. The Kier molecular flexibility index (Phi) is 6.51. The van der Waals surface area contributed by atoms with Crippen molar-refractivity contribution in [1.82, 2.24) is 0 Å². The molecule has 0 saturated heterocycles. The normalized spacial score (nSPS) is 13.0. The van der Waals surface area contributed by atoms with Crippen LogP contribution in [0.5, 0.6) is 0 Å². The molecule has 24 heavy (non-hydrogen) atoms. The van der Waals surface area contributed by atoms with Gasteiger partial charge >= 0.3 is 0 Å². The third kappa shape index (κ3) is 5.42. The Hall–Kier alpha value is -1.73. The summed E-state index contributed by atoms with van der Waals surface area (Å²) in [5.41, 5.74) is 2.42. The Labute approximate surface area is 143 Å². The second-order valence-electron chi connectivity index (χ2n) is 5.57. The zero-order valence-electron chi connectivity index (χ0n) is 13.8. The predicted octanol–water partition coefficient (Wildman–Crippen LogP) is 3.54. The fraction of sp³-hybridized carbons (Fsp3) is 0.333. The molecule has 0 saturated carbocycles. The summed E-state index contributed by atoms with van der Waals surface area (Å²) >= 11 is 0. The molecular weight excluding hydrogens is 328 g/mol. The van der Waals surface area contributed by atoms with E-state index in [1.807, 2.05) is 37.3 Å². The fourth-order valence-electron chi connectivity index (χ4n) is 2.36. The summed E-state index contributed by atoms with van der Waals surface area (Å²) in [7, 11) is -4.28. The maximum atomic E-state index is 11.5. The molecule has 130 valence electrons. The van der Waals surface area contributed by atoms with E-state index < -0.39 is 16.2 Å². The summed E-state index contributed by atoms with van der Waals surface area (Å²) in [6.45, 7) is 4.83. The molecule has 0 bridgehead atoms. The lowest BCUT2D eigenvalue weighted by molar-refractivity contribution is 0.00558. The summed E-state index contributed by atoms with van der Waals surface area (Å²) in [5, 5.41) is 0. The second kappa shape index (κ2) is 8.39. The summed E-state index contributed by atoms with van der Waals surface area (Å²) in [6.07, 6.45) is -0.470. The van der Waals surface area contributed by atoms with Gasteiger partial charge in [-0.3, -0.25) is 4.55 Å². The molecule has 0 aromatic heterocycles. The van der Waals surface area contributed by atoms with Crippen molar-refractivity contribution in [3.63, 3.8) is 0 Å². The highest BCUT2D eigenvalue weighted by atomic mass is 32.2. The van der Waals surface area contributed by atoms with Crippen LogP contribution in [0.3, 0.4) is 0 Å². The van der Waals surface area contributed by atoms with E-state index in [0.29, 0.717) is 25.4 Å². The van der Waals surface area contributed by atoms with Gasteiger partial charge in [0.25, 0.3) is 10.1 Å². The van der Waals surface area contributed by atoms with Crippen molar-refractivity contribution in [2.75, 3.05) is 13.2 Å². The minimum Gasteiger partial charge on any atom is -0.374 e. The Morgan fingerprint density at radius 1 is 1.08 bits per heavy atom. The number of hydrogen-bond donors (Lipinski definition) is 1. The van der Waals surface area contributed by atoms with Crippen molar-refractivity contribution in [2.45, 2.75) is 31.5 Å². The van der Waals surface area contributed by atoms with Crippen LogP contribution in [-0.4, -0.2) is 26.2 Å². The van der Waals surface area contributed by atoms with Crippen LogP contribution in [0.1, 0.15) is 29.7 Å². The van der Waals surface area contributed by atoms with Gasteiger partial charge < -0.3 is 9.47 Å². The zero-order chi connectivity index (χ0) is 17.6. The topological polar surface area (TPSA) is 72.8 Å². The van der Waals surface area contributed by atoms with Crippen molar-refractivity contribution >= 4 is 10.1 Å². The van der Waals surface area contributed by atoms with E-state index in [1.165, 1.54) is 6.07 Å². The van der Waals surface area contributed by atoms with Gasteiger partial charge in [-0.25, -0.2) is 0 Å². The van der Waals surface area contributed by atoms with Gasteiger partial charge in [-0.05, 0) is 25.5 Å². The zero-order valence-corrected chi connectivity index (χ0v) is 14.6. The molecule has 1 N–H and O–H groups in total. The summed E-state index contributed by atoms with van der Waals surface area (Å²) in [5.74, 6) is 0. The first-order chi connectivity index (χ1) is 11.4. The van der Waals surface area contributed by atoms with Crippen molar-refractivity contribution in [3.05, 3.63) is 65.2 Å². The van der Waals surface area contributed by atoms with Crippen molar-refractivity contribution in [3.8, 4) is 0 Å². The Morgan fingerprint density at radius 2 is 1.79 bits per heavy atom. The van der Waals surface area contributed by atoms with Gasteiger partial charge in [0.1, 0.15) is 0 Å². The molecule has 0 spiro atoms. The van der Waals surface area contributed by atoms with Gasteiger partial charge in [-0.2, -0.15) is 8.42 Å². The molecular formula is C18H22O5S. The Bertz CT molecular complexity index is 756. The summed E-state index contributed by atoms with van der Waals surface area (Å²) < 4.78 is 43.5. The highest BCUT2D eigenvalue weighted by Gasteiger charge is 2.20. The third-order valence-electron chi connectivity index (χ3n) is 3.59. The van der Waals surface area contributed by atoms with E-state index in [4.69, 9.17) is 9.47 Å². The largest absolute Gasteiger partial charge is 0.374 e. The lowest BCUT2D eigenvalue weighted by atomic mass is 10.1. The molecule has 0 amide bonds.